The van der Waals surface area contributed by atoms with Gasteiger partial charge in [0.2, 0.25) is 0 Å². The molecule has 1 amide bonds. The van der Waals surface area contributed by atoms with Gasteiger partial charge in [0.05, 0.1) is 11.6 Å². The first-order valence-corrected chi connectivity index (χ1v) is 8.18. The first-order valence-electron chi connectivity index (χ1n) is 7.80. The molecule has 0 atom stereocenters. The van der Waals surface area contributed by atoms with Crippen molar-refractivity contribution in [1.82, 2.24) is 0 Å². The van der Waals surface area contributed by atoms with E-state index in [2.05, 4.69) is 5.32 Å². The Morgan fingerprint density at radius 3 is 2.58 bits per heavy atom. The molecular formula is C19H17ClFNO4. The largest absolute Gasteiger partial charge is 0.494 e. The van der Waals surface area contributed by atoms with Crippen LogP contribution in [0.25, 0.3) is 6.08 Å². The number of rotatable bonds is 7. The van der Waals surface area contributed by atoms with Gasteiger partial charge in [0, 0.05) is 11.8 Å². The Bertz CT molecular complexity index is 806. The number of nitrogens with one attached hydrogen (secondary N) is 1. The summed E-state index contributed by atoms with van der Waals surface area (Å²) >= 11 is 5.62. The maximum Gasteiger partial charge on any atom is 0.331 e. The van der Waals surface area contributed by atoms with Crippen LogP contribution in [0.2, 0.25) is 5.02 Å². The minimum Gasteiger partial charge on any atom is -0.494 e. The summed E-state index contributed by atoms with van der Waals surface area (Å²) in [6.07, 6.45) is 2.79. The van der Waals surface area contributed by atoms with Crippen LogP contribution in [0.1, 0.15) is 12.5 Å². The van der Waals surface area contributed by atoms with Gasteiger partial charge in [0.15, 0.2) is 6.61 Å². The van der Waals surface area contributed by atoms with Gasteiger partial charge >= 0.3 is 5.97 Å². The van der Waals surface area contributed by atoms with Crippen molar-refractivity contribution in [3.8, 4) is 5.75 Å². The lowest BCUT2D eigenvalue weighted by atomic mass is 10.2. The van der Waals surface area contributed by atoms with E-state index in [9.17, 15) is 14.0 Å². The monoisotopic (exact) mass is 377 g/mol. The summed E-state index contributed by atoms with van der Waals surface area (Å²) in [6.45, 7) is 2.00. The lowest BCUT2D eigenvalue weighted by Gasteiger charge is -2.06. The van der Waals surface area contributed by atoms with Gasteiger partial charge in [0.1, 0.15) is 11.6 Å². The molecule has 0 bridgehead atoms. The molecule has 2 aromatic rings. The van der Waals surface area contributed by atoms with Gasteiger partial charge in [-0.05, 0) is 48.9 Å². The summed E-state index contributed by atoms with van der Waals surface area (Å²) in [5.41, 5.74) is 1.10. The second kappa shape index (κ2) is 9.58. The molecule has 1 N–H and O–H groups in total. The maximum atomic E-state index is 13.0. The number of amides is 1. The highest BCUT2D eigenvalue weighted by molar-refractivity contribution is 6.31. The maximum absolute atomic E-state index is 13.0. The Balaban J connectivity index is 1.80. The smallest absolute Gasteiger partial charge is 0.331 e. The topological polar surface area (TPSA) is 64.6 Å². The Hall–Kier alpha value is -2.86. The van der Waals surface area contributed by atoms with E-state index >= 15 is 0 Å². The average Bonchev–Trinajstić information content (AvgIpc) is 2.63. The Kier molecular flexibility index (Phi) is 7.17. The van der Waals surface area contributed by atoms with Gasteiger partial charge in [-0.2, -0.15) is 0 Å². The second-order valence-corrected chi connectivity index (χ2v) is 5.53. The normalized spacial score (nSPS) is 10.6. The van der Waals surface area contributed by atoms with E-state index in [1.807, 2.05) is 6.92 Å². The number of anilines is 1. The van der Waals surface area contributed by atoms with Crippen LogP contribution in [0.4, 0.5) is 10.1 Å². The van der Waals surface area contributed by atoms with Gasteiger partial charge in [-0.3, -0.25) is 4.79 Å². The lowest BCUT2D eigenvalue weighted by molar-refractivity contribution is -0.142. The number of carbonyl (C=O) groups excluding carboxylic acids is 2. The van der Waals surface area contributed by atoms with E-state index in [-0.39, 0.29) is 5.02 Å². The Morgan fingerprint density at radius 1 is 1.19 bits per heavy atom. The van der Waals surface area contributed by atoms with Crippen molar-refractivity contribution < 1.29 is 23.5 Å². The highest BCUT2D eigenvalue weighted by Crippen LogP contribution is 2.19. The van der Waals surface area contributed by atoms with Crippen LogP contribution < -0.4 is 10.1 Å². The lowest BCUT2D eigenvalue weighted by Crippen LogP contribution is -2.20. The third-order valence-electron chi connectivity index (χ3n) is 3.15. The number of hydrogen-bond acceptors (Lipinski definition) is 4. The molecule has 0 aliphatic carbocycles. The third-order valence-corrected chi connectivity index (χ3v) is 3.44. The van der Waals surface area contributed by atoms with E-state index in [1.54, 1.807) is 30.3 Å². The van der Waals surface area contributed by atoms with Crippen LogP contribution in [-0.4, -0.2) is 25.1 Å². The van der Waals surface area contributed by atoms with Crippen molar-refractivity contribution in [2.45, 2.75) is 6.92 Å². The molecule has 0 heterocycles. The fourth-order valence-corrected chi connectivity index (χ4v) is 2.14. The Morgan fingerprint density at radius 2 is 1.92 bits per heavy atom. The predicted molar refractivity (Wildman–Crippen MR) is 97.6 cm³/mol. The fourth-order valence-electron chi connectivity index (χ4n) is 1.96. The van der Waals surface area contributed by atoms with Gasteiger partial charge in [-0.15, -0.1) is 0 Å². The van der Waals surface area contributed by atoms with Crippen LogP contribution in [0.3, 0.4) is 0 Å². The number of carbonyl (C=O) groups is 2. The molecular weight excluding hydrogens is 361 g/mol. The van der Waals surface area contributed by atoms with Crippen LogP contribution in [0.15, 0.2) is 48.5 Å². The molecule has 0 fully saturated rings. The standard InChI is InChI=1S/C19H17ClFNO4/c1-2-25-15-7-3-13(4-8-15)5-10-19(24)26-12-18(23)22-14-6-9-17(21)16(20)11-14/h3-11H,2,12H2,1H3,(H,22,23). The summed E-state index contributed by atoms with van der Waals surface area (Å²) in [4.78, 5) is 23.4. The summed E-state index contributed by atoms with van der Waals surface area (Å²) in [5.74, 6) is -1.07. The molecule has 0 unspecified atom stereocenters. The van der Waals surface area contributed by atoms with Crippen molar-refractivity contribution in [3.05, 3.63) is 64.9 Å². The number of ether oxygens (including phenoxy) is 2. The number of benzene rings is 2. The zero-order valence-corrected chi connectivity index (χ0v) is 14.8. The van der Waals surface area contributed by atoms with Crippen molar-refractivity contribution >= 4 is 35.2 Å². The van der Waals surface area contributed by atoms with Gasteiger partial charge < -0.3 is 14.8 Å². The van der Waals surface area contributed by atoms with Gasteiger partial charge in [-0.25, -0.2) is 9.18 Å². The molecule has 0 aliphatic rings. The van der Waals surface area contributed by atoms with Crippen molar-refractivity contribution in [3.63, 3.8) is 0 Å². The Labute approximate surface area is 155 Å². The fraction of sp³-hybridized carbons (Fsp3) is 0.158. The molecule has 136 valence electrons. The summed E-state index contributed by atoms with van der Waals surface area (Å²) in [5, 5.41) is 2.34. The van der Waals surface area contributed by atoms with E-state index in [0.717, 1.165) is 17.4 Å². The van der Waals surface area contributed by atoms with E-state index in [4.69, 9.17) is 21.1 Å². The molecule has 5 nitrogen and oxygen atoms in total. The van der Waals surface area contributed by atoms with Crippen LogP contribution >= 0.6 is 11.6 Å². The number of halogens is 2. The summed E-state index contributed by atoms with van der Waals surface area (Å²) in [7, 11) is 0. The third kappa shape index (κ3) is 6.22. The highest BCUT2D eigenvalue weighted by atomic mass is 35.5. The van der Waals surface area contributed by atoms with Crippen LogP contribution in [0.5, 0.6) is 5.75 Å². The van der Waals surface area contributed by atoms with E-state index in [0.29, 0.717) is 12.3 Å². The zero-order valence-electron chi connectivity index (χ0n) is 14.0. The van der Waals surface area contributed by atoms with E-state index in [1.165, 1.54) is 18.2 Å². The first-order chi connectivity index (χ1) is 12.5. The average molecular weight is 378 g/mol. The number of hydrogen-bond donors (Lipinski definition) is 1. The highest BCUT2D eigenvalue weighted by Gasteiger charge is 2.07. The molecule has 0 spiro atoms. The first kappa shape index (κ1) is 19.5. The molecule has 0 saturated carbocycles. The van der Waals surface area contributed by atoms with Crippen molar-refractivity contribution in [2.75, 3.05) is 18.5 Å². The molecule has 0 aliphatic heterocycles. The molecule has 2 aromatic carbocycles. The molecule has 0 saturated heterocycles. The molecule has 0 aromatic heterocycles. The molecule has 7 heteroatoms. The van der Waals surface area contributed by atoms with Crippen molar-refractivity contribution in [1.29, 1.82) is 0 Å². The quantitative estimate of drug-likeness (QED) is 0.583. The minimum atomic E-state index is -0.661. The minimum absolute atomic E-state index is 0.113. The van der Waals surface area contributed by atoms with Crippen molar-refractivity contribution in [2.24, 2.45) is 0 Å². The molecule has 2 rings (SSSR count). The SMILES string of the molecule is CCOc1ccc(C=CC(=O)OCC(=O)Nc2ccc(F)c(Cl)c2)cc1. The zero-order chi connectivity index (χ0) is 18.9. The second-order valence-electron chi connectivity index (χ2n) is 5.12. The summed E-state index contributed by atoms with van der Waals surface area (Å²) < 4.78 is 23.2. The molecule has 0 radical (unpaired) electrons. The van der Waals surface area contributed by atoms with E-state index < -0.39 is 24.3 Å². The van der Waals surface area contributed by atoms with Crippen LogP contribution in [-0.2, 0) is 14.3 Å². The summed E-state index contributed by atoms with van der Waals surface area (Å²) in [6, 6.07) is 10.9. The van der Waals surface area contributed by atoms with Crippen LogP contribution in [0, 0.1) is 5.82 Å². The molecule has 26 heavy (non-hydrogen) atoms. The van der Waals surface area contributed by atoms with Gasteiger partial charge in [-0.1, -0.05) is 23.7 Å². The number of esters is 1. The van der Waals surface area contributed by atoms with Gasteiger partial charge in [0.25, 0.3) is 5.91 Å². The predicted octanol–water partition coefficient (Wildman–Crippen LogP) is 4.07.